The molecule has 86 valence electrons. The molecule has 0 bridgehead atoms. The molecule has 0 atom stereocenters. The molecule has 0 radical (unpaired) electrons. The number of hydrogen-bond donors (Lipinski definition) is 0. The Morgan fingerprint density at radius 2 is 2.29 bits per heavy atom. The van der Waals surface area contributed by atoms with Crippen LogP contribution in [0.2, 0.25) is 0 Å². The van der Waals surface area contributed by atoms with Crippen molar-refractivity contribution in [3.05, 3.63) is 56.0 Å². The molecule has 0 aromatic heterocycles. The Balaban J connectivity index is 2.99. The zero-order valence-electron chi connectivity index (χ0n) is 8.68. The molecule has 0 saturated carbocycles. The Hall–Kier alpha value is -2.66. The first-order valence-electron chi connectivity index (χ1n) is 4.60. The quantitative estimate of drug-likeness (QED) is 0.194. The minimum absolute atomic E-state index is 0.0298. The van der Waals surface area contributed by atoms with Crippen LogP contribution < -0.4 is 0 Å². The highest BCUT2D eigenvalue weighted by Crippen LogP contribution is 2.19. The largest absolute Gasteiger partial charge is 0.298 e. The lowest BCUT2D eigenvalue weighted by atomic mass is 10.1. The van der Waals surface area contributed by atoms with Crippen molar-refractivity contribution in [1.29, 1.82) is 0 Å². The first-order chi connectivity index (χ1) is 8.19. The molecule has 0 aliphatic carbocycles. The predicted octanol–water partition coefficient (Wildman–Crippen LogP) is 2.73. The Morgan fingerprint density at radius 3 is 2.88 bits per heavy atom. The summed E-state index contributed by atoms with van der Waals surface area (Å²) in [7, 11) is 0. The highest BCUT2D eigenvalue weighted by Gasteiger charge is 2.12. The molecule has 0 fully saturated rings. The summed E-state index contributed by atoms with van der Waals surface area (Å²) >= 11 is 0. The number of nitro groups is 1. The minimum Gasteiger partial charge on any atom is -0.298 e. The van der Waals surface area contributed by atoms with Crippen molar-refractivity contribution in [2.75, 3.05) is 6.54 Å². The highest BCUT2D eigenvalue weighted by molar-refractivity contribution is 5.82. The summed E-state index contributed by atoms with van der Waals surface area (Å²) in [6, 6.07) is 4.23. The van der Waals surface area contributed by atoms with Gasteiger partial charge in [-0.15, -0.1) is 0 Å². The van der Waals surface area contributed by atoms with Crippen LogP contribution in [0.25, 0.3) is 16.5 Å². The van der Waals surface area contributed by atoms with E-state index in [1.807, 2.05) is 0 Å². The van der Waals surface area contributed by atoms with Gasteiger partial charge in [-0.2, -0.15) is 0 Å². The SMILES string of the molecule is [N-]=[N+]=NCC=Cc1ccc(C=O)c([N+](=O)[O-])c1. The van der Waals surface area contributed by atoms with Gasteiger partial charge in [-0.25, -0.2) is 0 Å². The fraction of sp³-hybridized carbons (Fsp3) is 0.100. The number of nitro benzene ring substituents is 1. The summed E-state index contributed by atoms with van der Waals surface area (Å²) in [5, 5.41) is 13.9. The van der Waals surface area contributed by atoms with Crippen LogP contribution in [0.5, 0.6) is 0 Å². The zero-order chi connectivity index (χ0) is 12.7. The smallest absolute Gasteiger partial charge is 0.280 e. The maximum Gasteiger partial charge on any atom is 0.280 e. The summed E-state index contributed by atoms with van der Waals surface area (Å²) in [6.07, 6.45) is 3.58. The number of carbonyl (C=O) groups excluding carboxylic acids is 1. The van der Waals surface area contributed by atoms with Crippen LogP contribution in [-0.4, -0.2) is 17.8 Å². The third-order valence-electron chi connectivity index (χ3n) is 1.94. The normalized spacial score (nSPS) is 9.88. The monoisotopic (exact) mass is 232 g/mol. The van der Waals surface area contributed by atoms with Gasteiger partial charge in [0.1, 0.15) is 0 Å². The molecule has 1 aromatic rings. The van der Waals surface area contributed by atoms with Crippen molar-refractivity contribution >= 4 is 18.0 Å². The molecule has 0 N–H and O–H groups in total. The molecule has 1 aromatic carbocycles. The Labute approximate surface area is 96.1 Å². The number of hydrogen-bond acceptors (Lipinski definition) is 4. The average Bonchev–Trinajstić information content (AvgIpc) is 2.34. The van der Waals surface area contributed by atoms with Gasteiger partial charge in [0.25, 0.3) is 5.69 Å². The minimum atomic E-state index is -0.617. The first-order valence-corrected chi connectivity index (χ1v) is 4.60. The Morgan fingerprint density at radius 1 is 1.53 bits per heavy atom. The molecule has 1 rings (SSSR count). The second kappa shape index (κ2) is 6.04. The van der Waals surface area contributed by atoms with Crippen molar-refractivity contribution < 1.29 is 9.72 Å². The lowest BCUT2D eigenvalue weighted by Crippen LogP contribution is -1.94. The first kappa shape index (κ1) is 12.4. The summed E-state index contributed by atoms with van der Waals surface area (Å²) in [4.78, 5) is 23.2. The van der Waals surface area contributed by atoms with Crippen LogP contribution in [0.15, 0.2) is 29.4 Å². The maximum absolute atomic E-state index is 10.7. The van der Waals surface area contributed by atoms with Gasteiger partial charge in [0.15, 0.2) is 6.29 Å². The highest BCUT2D eigenvalue weighted by atomic mass is 16.6. The van der Waals surface area contributed by atoms with E-state index in [0.29, 0.717) is 11.8 Å². The van der Waals surface area contributed by atoms with E-state index in [1.54, 1.807) is 18.2 Å². The van der Waals surface area contributed by atoms with Gasteiger partial charge in [0.05, 0.1) is 10.5 Å². The van der Waals surface area contributed by atoms with Gasteiger partial charge in [-0.3, -0.25) is 14.9 Å². The van der Waals surface area contributed by atoms with Gasteiger partial charge < -0.3 is 0 Å². The van der Waals surface area contributed by atoms with Gasteiger partial charge >= 0.3 is 0 Å². The molecule has 7 nitrogen and oxygen atoms in total. The molecule has 0 heterocycles. The summed E-state index contributed by atoms with van der Waals surface area (Å²) in [6.45, 7) is 0.166. The van der Waals surface area contributed by atoms with E-state index >= 15 is 0 Å². The van der Waals surface area contributed by atoms with Crippen LogP contribution in [-0.2, 0) is 0 Å². The number of benzene rings is 1. The number of azide groups is 1. The van der Waals surface area contributed by atoms with Crippen molar-refractivity contribution in [2.45, 2.75) is 0 Å². The second-order valence-electron chi connectivity index (χ2n) is 3.01. The fourth-order valence-corrected chi connectivity index (χ4v) is 1.19. The summed E-state index contributed by atoms with van der Waals surface area (Å²) in [5.41, 5.74) is 8.40. The molecular formula is C10H8N4O3. The Bertz CT molecular complexity index is 518. The fourth-order valence-electron chi connectivity index (χ4n) is 1.19. The maximum atomic E-state index is 10.7. The number of aldehydes is 1. The topological polar surface area (TPSA) is 109 Å². The van der Waals surface area contributed by atoms with Crippen LogP contribution in [0, 0.1) is 10.1 Å². The third kappa shape index (κ3) is 3.44. The van der Waals surface area contributed by atoms with E-state index in [1.165, 1.54) is 12.1 Å². The van der Waals surface area contributed by atoms with Crippen molar-refractivity contribution in [2.24, 2.45) is 5.11 Å². The molecule has 0 amide bonds. The molecule has 0 saturated heterocycles. The lowest BCUT2D eigenvalue weighted by molar-refractivity contribution is -0.385. The Kier molecular flexibility index (Phi) is 4.41. The number of nitrogens with zero attached hydrogens (tertiary/aromatic N) is 4. The van der Waals surface area contributed by atoms with E-state index in [0.717, 1.165) is 0 Å². The molecule has 0 spiro atoms. The molecule has 0 aliphatic rings. The number of rotatable bonds is 5. The van der Waals surface area contributed by atoms with Gasteiger partial charge in [0.2, 0.25) is 0 Å². The van der Waals surface area contributed by atoms with Crippen LogP contribution in [0.3, 0.4) is 0 Å². The van der Waals surface area contributed by atoms with Crippen molar-refractivity contribution in [1.82, 2.24) is 0 Å². The van der Waals surface area contributed by atoms with Crippen LogP contribution >= 0.6 is 0 Å². The van der Waals surface area contributed by atoms with Gasteiger partial charge in [-0.1, -0.05) is 23.3 Å². The summed E-state index contributed by atoms with van der Waals surface area (Å²) < 4.78 is 0. The van der Waals surface area contributed by atoms with E-state index in [2.05, 4.69) is 10.0 Å². The van der Waals surface area contributed by atoms with Gasteiger partial charge in [-0.05, 0) is 17.2 Å². The number of carbonyl (C=O) groups is 1. The van der Waals surface area contributed by atoms with Crippen LogP contribution in [0.4, 0.5) is 5.69 Å². The van der Waals surface area contributed by atoms with Crippen LogP contribution in [0.1, 0.15) is 15.9 Å². The molecule has 0 aliphatic heterocycles. The van der Waals surface area contributed by atoms with E-state index < -0.39 is 4.92 Å². The van der Waals surface area contributed by atoms with Crippen molar-refractivity contribution in [3.8, 4) is 0 Å². The molecule has 7 heteroatoms. The van der Waals surface area contributed by atoms with Crippen molar-refractivity contribution in [3.63, 3.8) is 0 Å². The second-order valence-corrected chi connectivity index (χ2v) is 3.01. The van der Waals surface area contributed by atoms with E-state index in [9.17, 15) is 14.9 Å². The average molecular weight is 232 g/mol. The predicted molar refractivity (Wildman–Crippen MR) is 61.5 cm³/mol. The molecular weight excluding hydrogens is 224 g/mol. The molecule has 0 unspecified atom stereocenters. The van der Waals surface area contributed by atoms with E-state index in [-0.39, 0.29) is 17.8 Å². The molecule has 17 heavy (non-hydrogen) atoms. The van der Waals surface area contributed by atoms with Gasteiger partial charge in [0, 0.05) is 17.5 Å². The standard InChI is InChI=1S/C10H8N4O3/c11-13-12-5-1-2-8-3-4-9(7-15)10(6-8)14(16)17/h1-4,6-7H,5H2. The van der Waals surface area contributed by atoms with E-state index in [4.69, 9.17) is 5.53 Å². The zero-order valence-corrected chi connectivity index (χ0v) is 8.68. The lowest BCUT2D eigenvalue weighted by Gasteiger charge is -1.97. The third-order valence-corrected chi connectivity index (χ3v) is 1.94. The summed E-state index contributed by atoms with van der Waals surface area (Å²) in [5.74, 6) is 0.